The van der Waals surface area contributed by atoms with Gasteiger partial charge in [0.05, 0.1) is 16.9 Å². The summed E-state index contributed by atoms with van der Waals surface area (Å²) in [4.78, 5) is 38.5. The average Bonchev–Trinajstić information content (AvgIpc) is 3.11. The number of nitrogens with one attached hydrogen (secondary N) is 1. The molecule has 0 spiro atoms. The van der Waals surface area contributed by atoms with Gasteiger partial charge in [-0.3, -0.25) is 19.7 Å². The maximum atomic E-state index is 12.7. The Morgan fingerprint density at radius 3 is 2.91 bits per heavy atom. The smallest absolute Gasteiger partial charge is 0.305 e. The van der Waals surface area contributed by atoms with E-state index in [0.717, 1.165) is 6.42 Å². The van der Waals surface area contributed by atoms with Crippen molar-refractivity contribution < 1.29 is 19.6 Å². The number of H-pyrrole nitrogens is 1. The molecule has 8 nitrogen and oxygen atoms in total. The summed E-state index contributed by atoms with van der Waals surface area (Å²) in [5, 5.41) is 20.3. The quantitative estimate of drug-likeness (QED) is 0.662. The third kappa shape index (κ3) is 2.75. The molecular formula is C15H15N3O5. The summed E-state index contributed by atoms with van der Waals surface area (Å²) in [6.07, 6.45) is 2.84. The number of amides is 1. The minimum absolute atomic E-state index is 0.0883. The summed E-state index contributed by atoms with van der Waals surface area (Å²) in [7, 11) is 0. The van der Waals surface area contributed by atoms with Crippen molar-refractivity contribution in [2.45, 2.75) is 25.3 Å². The average molecular weight is 317 g/mol. The zero-order chi connectivity index (χ0) is 16.6. The van der Waals surface area contributed by atoms with E-state index < -0.39 is 10.9 Å². The van der Waals surface area contributed by atoms with E-state index in [9.17, 15) is 19.7 Å². The largest absolute Gasteiger partial charge is 0.481 e. The van der Waals surface area contributed by atoms with Crippen molar-refractivity contribution in [3.05, 3.63) is 40.1 Å². The highest BCUT2D eigenvalue weighted by Gasteiger charge is 2.32. The van der Waals surface area contributed by atoms with Crippen molar-refractivity contribution in [1.82, 2.24) is 9.88 Å². The van der Waals surface area contributed by atoms with Crippen LogP contribution in [0.1, 0.15) is 29.6 Å². The first kappa shape index (κ1) is 15.0. The number of aromatic amines is 1. The molecule has 2 N–H and O–H groups in total. The molecule has 8 heteroatoms. The fourth-order valence-electron chi connectivity index (χ4n) is 3.07. The van der Waals surface area contributed by atoms with E-state index in [-0.39, 0.29) is 24.1 Å². The number of non-ortho nitro benzene ring substituents is 1. The molecule has 1 unspecified atom stereocenters. The number of rotatable bonds is 4. The maximum Gasteiger partial charge on any atom is 0.305 e. The van der Waals surface area contributed by atoms with Crippen molar-refractivity contribution in [2.24, 2.45) is 0 Å². The lowest BCUT2D eigenvalue weighted by molar-refractivity contribution is -0.384. The molecule has 0 aliphatic carbocycles. The van der Waals surface area contributed by atoms with Gasteiger partial charge in [0, 0.05) is 41.8 Å². The van der Waals surface area contributed by atoms with Crippen LogP contribution in [-0.4, -0.2) is 44.4 Å². The molecule has 2 heterocycles. The van der Waals surface area contributed by atoms with E-state index in [0.29, 0.717) is 29.4 Å². The molecule has 1 saturated heterocycles. The molecule has 1 amide bonds. The monoisotopic (exact) mass is 317 g/mol. The van der Waals surface area contributed by atoms with Crippen LogP contribution in [0.3, 0.4) is 0 Å². The Labute approximate surface area is 130 Å². The van der Waals surface area contributed by atoms with E-state index in [4.69, 9.17) is 5.11 Å². The Morgan fingerprint density at radius 2 is 2.22 bits per heavy atom. The molecule has 1 aliphatic rings. The van der Waals surface area contributed by atoms with Crippen LogP contribution in [0.15, 0.2) is 24.4 Å². The SMILES string of the molecule is O=C(O)CC1CCCN1C(=O)c1c[nH]c2ccc([N+](=O)[O-])cc12. The van der Waals surface area contributed by atoms with Crippen molar-refractivity contribution in [2.75, 3.05) is 6.54 Å². The molecule has 0 radical (unpaired) electrons. The molecule has 3 rings (SSSR count). The van der Waals surface area contributed by atoms with Gasteiger partial charge in [0.2, 0.25) is 0 Å². The summed E-state index contributed by atoms with van der Waals surface area (Å²) in [6, 6.07) is 3.96. The highest BCUT2D eigenvalue weighted by molar-refractivity contribution is 6.07. The number of fused-ring (bicyclic) bond motifs is 1. The first-order chi connectivity index (χ1) is 11.0. The van der Waals surface area contributed by atoms with Crippen LogP contribution in [0.25, 0.3) is 10.9 Å². The molecule has 0 saturated carbocycles. The predicted molar refractivity (Wildman–Crippen MR) is 81.3 cm³/mol. The fraction of sp³-hybridized carbons (Fsp3) is 0.333. The molecule has 1 aromatic heterocycles. The number of likely N-dealkylation sites (tertiary alicyclic amines) is 1. The number of benzene rings is 1. The van der Waals surface area contributed by atoms with Gasteiger partial charge < -0.3 is 15.0 Å². The molecule has 120 valence electrons. The fourth-order valence-corrected chi connectivity index (χ4v) is 3.07. The van der Waals surface area contributed by atoms with Crippen LogP contribution in [0, 0.1) is 10.1 Å². The number of nitrogens with zero attached hydrogens (tertiary/aromatic N) is 2. The summed E-state index contributed by atoms with van der Waals surface area (Å²) in [6.45, 7) is 0.498. The van der Waals surface area contributed by atoms with E-state index >= 15 is 0 Å². The highest BCUT2D eigenvalue weighted by Crippen LogP contribution is 2.28. The second-order valence-corrected chi connectivity index (χ2v) is 5.58. The van der Waals surface area contributed by atoms with Gasteiger partial charge in [-0.15, -0.1) is 0 Å². The molecule has 1 atom stereocenters. The minimum atomic E-state index is -0.940. The van der Waals surface area contributed by atoms with Crippen LogP contribution in [0.4, 0.5) is 5.69 Å². The van der Waals surface area contributed by atoms with Crippen molar-refractivity contribution in [3.63, 3.8) is 0 Å². The lowest BCUT2D eigenvalue weighted by atomic mass is 10.1. The van der Waals surface area contributed by atoms with Crippen LogP contribution in [-0.2, 0) is 4.79 Å². The molecule has 23 heavy (non-hydrogen) atoms. The van der Waals surface area contributed by atoms with Gasteiger partial charge in [-0.2, -0.15) is 0 Å². The molecule has 2 aromatic rings. The Bertz CT molecular complexity index is 798. The number of aromatic nitrogens is 1. The lowest BCUT2D eigenvalue weighted by Gasteiger charge is -2.23. The van der Waals surface area contributed by atoms with Crippen molar-refractivity contribution >= 4 is 28.5 Å². The number of hydrogen-bond acceptors (Lipinski definition) is 4. The Hall–Kier alpha value is -2.90. The van der Waals surface area contributed by atoms with E-state index in [1.54, 1.807) is 11.0 Å². The van der Waals surface area contributed by atoms with Gasteiger partial charge >= 0.3 is 5.97 Å². The Kier molecular flexibility index (Phi) is 3.73. The second kappa shape index (κ2) is 5.71. The number of carbonyl (C=O) groups excluding carboxylic acids is 1. The second-order valence-electron chi connectivity index (χ2n) is 5.58. The first-order valence-corrected chi connectivity index (χ1v) is 7.25. The third-order valence-electron chi connectivity index (χ3n) is 4.15. The summed E-state index contributed by atoms with van der Waals surface area (Å²) in [5.41, 5.74) is 0.878. The minimum Gasteiger partial charge on any atom is -0.481 e. The first-order valence-electron chi connectivity index (χ1n) is 7.25. The van der Waals surface area contributed by atoms with E-state index in [1.807, 2.05) is 0 Å². The standard InChI is InChI=1S/C15H15N3O5/c19-14(20)7-9-2-1-5-17(9)15(21)12-8-16-13-4-3-10(18(22)23)6-11(12)13/h3-4,6,8-9,16H,1-2,5,7H2,(H,19,20). The molecule has 1 aliphatic heterocycles. The highest BCUT2D eigenvalue weighted by atomic mass is 16.6. The zero-order valence-corrected chi connectivity index (χ0v) is 12.2. The number of nitro groups is 1. The number of aliphatic carboxylic acids is 1. The maximum absolute atomic E-state index is 12.7. The number of carbonyl (C=O) groups is 2. The van der Waals surface area contributed by atoms with Crippen molar-refractivity contribution in [1.29, 1.82) is 0 Å². The molecular weight excluding hydrogens is 302 g/mol. The predicted octanol–water partition coefficient (Wildman–Crippen LogP) is 2.16. The number of nitro benzene ring substituents is 1. The van der Waals surface area contributed by atoms with Crippen LogP contribution < -0.4 is 0 Å². The normalized spacial score (nSPS) is 17.6. The van der Waals surface area contributed by atoms with Gasteiger partial charge in [0.1, 0.15) is 0 Å². The summed E-state index contributed by atoms with van der Waals surface area (Å²) >= 11 is 0. The number of carboxylic acid groups (broad SMARTS) is 1. The molecule has 1 aromatic carbocycles. The van der Waals surface area contributed by atoms with Crippen molar-refractivity contribution in [3.8, 4) is 0 Å². The van der Waals surface area contributed by atoms with E-state index in [1.165, 1.54) is 18.3 Å². The lowest BCUT2D eigenvalue weighted by Crippen LogP contribution is -2.36. The van der Waals surface area contributed by atoms with Crippen LogP contribution in [0.2, 0.25) is 0 Å². The Balaban J connectivity index is 1.95. The Morgan fingerprint density at radius 1 is 1.43 bits per heavy atom. The number of carboxylic acids is 1. The zero-order valence-electron chi connectivity index (χ0n) is 12.2. The van der Waals surface area contributed by atoms with Gasteiger partial charge in [0.25, 0.3) is 11.6 Å². The van der Waals surface area contributed by atoms with Gasteiger partial charge in [-0.25, -0.2) is 0 Å². The summed E-state index contributed by atoms with van der Waals surface area (Å²) in [5.74, 6) is -1.23. The third-order valence-corrected chi connectivity index (χ3v) is 4.15. The van der Waals surface area contributed by atoms with Gasteiger partial charge in [0.15, 0.2) is 0 Å². The van der Waals surface area contributed by atoms with Gasteiger partial charge in [-0.05, 0) is 18.9 Å². The molecule has 1 fully saturated rings. The van der Waals surface area contributed by atoms with Crippen LogP contribution in [0.5, 0.6) is 0 Å². The summed E-state index contributed by atoms with van der Waals surface area (Å²) < 4.78 is 0. The number of hydrogen-bond donors (Lipinski definition) is 2. The van der Waals surface area contributed by atoms with Crippen LogP contribution >= 0.6 is 0 Å². The van der Waals surface area contributed by atoms with E-state index in [2.05, 4.69) is 4.98 Å². The topological polar surface area (TPSA) is 117 Å². The van der Waals surface area contributed by atoms with Gasteiger partial charge in [-0.1, -0.05) is 0 Å². The molecule has 0 bridgehead atoms.